The molecule has 1 N–H and O–H groups in total. The molecule has 0 aliphatic carbocycles. The van der Waals surface area contributed by atoms with Gasteiger partial charge in [0.05, 0.1) is 0 Å². The van der Waals surface area contributed by atoms with Crippen LogP contribution in [0.3, 0.4) is 0 Å². The molecule has 1 atom stereocenters. The molecule has 0 saturated heterocycles. The topological polar surface area (TPSA) is 110 Å². The van der Waals surface area contributed by atoms with Gasteiger partial charge in [-0.25, -0.2) is 13.9 Å². The van der Waals surface area contributed by atoms with Gasteiger partial charge in [-0.1, -0.05) is 19.9 Å². The van der Waals surface area contributed by atoms with E-state index in [1.165, 1.54) is 6.92 Å². The van der Waals surface area contributed by atoms with Gasteiger partial charge >= 0.3 is 18.0 Å². The van der Waals surface area contributed by atoms with Crippen LogP contribution in [0.15, 0.2) is 12.1 Å². The van der Waals surface area contributed by atoms with Crippen LogP contribution >= 0.6 is 24.6 Å². The van der Waals surface area contributed by atoms with E-state index in [0.717, 1.165) is 15.4 Å². The second-order valence-corrected chi connectivity index (χ2v) is 10.8. The number of carbonyl (C=O) groups is 4. The highest BCUT2D eigenvalue weighted by molar-refractivity contribution is 8.12. The lowest BCUT2D eigenvalue weighted by Crippen LogP contribution is -2.45. The monoisotopic (exact) mass is 499 g/mol. The van der Waals surface area contributed by atoms with Crippen LogP contribution in [0.4, 0.5) is 4.79 Å². The number of aliphatic carboxylic acids is 1. The third kappa shape index (κ3) is 8.58. The number of hydrogen-bond donors (Lipinski definition) is 2. The molecule has 0 fully saturated rings. The number of carbonyl (C=O) groups excluding carboxylic acids is 3. The van der Waals surface area contributed by atoms with Gasteiger partial charge in [0.1, 0.15) is 11.4 Å². The van der Waals surface area contributed by atoms with E-state index in [2.05, 4.69) is 12.6 Å². The number of amides is 1. The highest BCUT2D eigenvalue weighted by Crippen LogP contribution is 2.39. The second kappa shape index (κ2) is 11.3. The Balaban J connectivity index is 3.26. The van der Waals surface area contributed by atoms with E-state index in [1.54, 1.807) is 26.8 Å². The van der Waals surface area contributed by atoms with Crippen LogP contribution in [0.2, 0.25) is 0 Å². The van der Waals surface area contributed by atoms with Crippen molar-refractivity contribution in [2.75, 3.05) is 5.75 Å². The van der Waals surface area contributed by atoms with Crippen molar-refractivity contribution in [3.05, 3.63) is 28.8 Å². The van der Waals surface area contributed by atoms with Crippen LogP contribution in [0, 0.1) is 13.8 Å². The van der Waals surface area contributed by atoms with Crippen molar-refractivity contribution >= 4 is 47.7 Å². The summed E-state index contributed by atoms with van der Waals surface area (Å²) in [4.78, 5) is 49.0. The minimum atomic E-state index is -1.36. The summed E-state index contributed by atoms with van der Waals surface area (Å²) in [5, 5.41) is 9.07. The SMILES string of the molecule is CC(=O)Oc1cc(C)cc(C)c1C(C)(C)CC(=O)SN(C(=O)OC(C)(C)C)[C@H](CS)C(=O)O. The molecule has 1 amide bonds. The summed E-state index contributed by atoms with van der Waals surface area (Å²) >= 11 is 4.52. The van der Waals surface area contributed by atoms with E-state index in [1.807, 2.05) is 33.8 Å². The normalized spacial score (nSPS) is 12.6. The smallest absolute Gasteiger partial charge is 0.421 e. The van der Waals surface area contributed by atoms with Gasteiger partial charge in [-0.15, -0.1) is 0 Å². The van der Waals surface area contributed by atoms with Gasteiger partial charge in [-0.3, -0.25) is 9.59 Å². The third-order valence-corrected chi connectivity index (χ3v) is 5.77. The van der Waals surface area contributed by atoms with Crippen LogP contribution in [0.25, 0.3) is 0 Å². The molecule has 0 aliphatic rings. The standard InChI is InChI=1S/C23H33NO7S2/c1-13-9-14(2)19(17(10-13)30-15(3)25)23(7,8)11-18(26)33-24(16(12-32)20(27)28)21(29)31-22(4,5)6/h9-10,16,32H,11-12H2,1-8H3,(H,27,28)/t16-/m1/s1. The Kier molecular flexibility index (Phi) is 9.86. The number of carboxylic acids is 1. The van der Waals surface area contributed by atoms with E-state index in [-0.39, 0.29) is 12.2 Å². The van der Waals surface area contributed by atoms with Gasteiger partial charge in [-0.2, -0.15) is 12.6 Å². The average molecular weight is 500 g/mol. The quantitative estimate of drug-likeness (QED) is 0.241. The zero-order chi connectivity index (χ0) is 25.7. The molecule has 184 valence electrons. The minimum absolute atomic E-state index is 0.0615. The van der Waals surface area contributed by atoms with E-state index in [4.69, 9.17) is 9.47 Å². The fraction of sp³-hybridized carbons (Fsp3) is 0.565. The molecule has 0 unspecified atom stereocenters. The van der Waals surface area contributed by atoms with Gasteiger partial charge < -0.3 is 14.6 Å². The van der Waals surface area contributed by atoms with Crippen molar-refractivity contribution in [1.29, 1.82) is 0 Å². The summed E-state index contributed by atoms with van der Waals surface area (Å²) < 4.78 is 11.5. The van der Waals surface area contributed by atoms with Crippen molar-refractivity contribution in [2.24, 2.45) is 0 Å². The molecule has 0 bridgehead atoms. The first kappa shape index (κ1) is 28.8. The molecule has 0 aliphatic heterocycles. The number of rotatable bonds is 7. The van der Waals surface area contributed by atoms with E-state index >= 15 is 0 Å². The Morgan fingerprint density at radius 2 is 1.70 bits per heavy atom. The van der Waals surface area contributed by atoms with Crippen LogP contribution in [-0.4, -0.2) is 50.0 Å². The average Bonchev–Trinajstić information content (AvgIpc) is 2.57. The van der Waals surface area contributed by atoms with E-state index in [0.29, 0.717) is 23.3 Å². The maximum absolute atomic E-state index is 13.1. The van der Waals surface area contributed by atoms with E-state index in [9.17, 15) is 24.3 Å². The Hall–Kier alpha value is -2.20. The number of nitrogens with zero attached hydrogens (tertiary/aromatic N) is 1. The van der Waals surface area contributed by atoms with Crippen LogP contribution in [0.1, 0.15) is 64.7 Å². The molecule has 0 spiro atoms. The number of carboxylic acid groups (broad SMARTS) is 1. The summed E-state index contributed by atoms with van der Waals surface area (Å²) in [7, 11) is 0. The first-order chi connectivity index (χ1) is 15.0. The van der Waals surface area contributed by atoms with Gasteiger partial charge in [0.25, 0.3) is 0 Å². The highest BCUT2D eigenvalue weighted by atomic mass is 32.2. The lowest BCUT2D eigenvalue weighted by atomic mass is 9.78. The van der Waals surface area contributed by atoms with Crippen molar-refractivity contribution < 1.29 is 33.8 Å². The lowest BCUT2D eigenvalue weighted by molar-refractivity contribution is -0.140. The molecule has 0 saturated carbocycles. The molecular formula is C23H33NO7S2. The molecular weight excluding hydrogens is 466 g/mol. The van der Waals surface area contributed by atoms with Crippen molar-refractivity contribution in [1.82, 2.24) is 4.31 Å². The Morgan fingerprint density at radius 3 is 2.15 bits per heavy atom. The summed E-state index contributed by atoms with van der Waals surface area (Å²) in [6, 6.07) is 2.30. The van der Waals surface area contributed by atoms with E-state index < -0.39 is 40.2 Å². The summed E-state index contributed by atoms with van der Waals surface area (Å²) in [5.74, 6) is -1.62. The predicted molar refractivity (Wildman–Crippen MR) is 131 cm³/mol. The Morgan fingerprint density at radius 1 is 1.12 bits per heavy atom. The summed E-state index contributed by atoms with van der Waals surface area (Å²) in [6.45, 7) is 13.6. The fourth-order valence-electron chi connectivity index (χ4n) is 3.41. The zero-order valence-electron chi connectivity index (χ0n) is 20.3. The molecule has 10 heteroatoms. The maximum atomic E-state index is 13.1. The number of ether oxygens (including phenoxy) is 2. The third-order valence-electron chi connectivity index (χ3n) is 4.48. The minimum Gasteiger partial charge on any atom is -0.480 e. The van der Waals surface area contributed by atoms with Crippen molar-refractivity contribution in [2.45, 2.75) is 78.9 Å². The van der Waals surface area contributed by atoms with Crippen molar-refractivity contribution in [3.63, 3.8) is 0 Å². The number of hydrogen-bond acceptors (Lipinski definition) is 8. The zero-order valence-corrected chi connectivity index (χ0v) is 22.1. The van der Waals surface area contributed by atoms with Gasteiger partial charge in [-0.05, 0) is 51.8 Å². The first-order valence-corrected chi connectivity index (χ1v) is 11.8. The largest absolute Gasteiger partial charge is 0.480 e. The molecule has 8 nitrogen and oxygen atoms in total. The Labute approximate surface area is 204 Å². The van der Waals surface area contributed by atoms with Crippen LogP contribution in [-0.2, 0) is 24.5 Å². The lowest BCUT2D eigenvalue weighted by Gasteiger charge is -2.31. The number of thiol groups is 1. The molecule has 0 heterocycles. The molecule has 0 radical (unpaired) electrons. The molecule has 1 aromatic carbocycles. The number of esters is 1. The molecule has 0 aromatic heterocycles. The number of benzene rings is 1. The maximum Gasteiger partial charge on any atom is 0.421 e. The Bertz CT molecular complexity index is 922. The van der Waals surface area contributed by atoms with Gasteiger partial charge in [0.2, 0.25) is 5.12 Å². The second-order valence-electron chi connectivity index (χ2n) is 9.42. The number of aryl methyl sites for hydroxylation is 2. The van der Waals surface area contributed by atoms with Gasteiger partial charge in [0, 0.05) is 42.0 Å². The van der Waals surface area contributed by atoms with Crippen LogP contribution < -0.4 is 4.74 Å². The molecule has 33 heavy (non-hydrogen) atoms. The highest BCUT2D eigenvalue weighted by Gasteiger charge is 2.37. The summed E-state index contributed by atoms with van der Waals surface area (Å²) in [6.07, 6.45) is -0.999. The predicted octanol–water partition coefficient (Wildman–Crippen LogP) is 4.69. The van der Waals surface area contributed by atoms with Crippen molar-refractivity contribution in [3.8, 4) is 5.75 Å². The summed E-state index contributed by atoms with van der Waals surface area (Å²) in [5.41, 5.74) is 0.766. The van der Waals surface area contributed by atoms with Crippen LogP contribution in [0.5, 0.6) is 5.75 Å². The molecule has 1 rings (SSSR count). The molecule has 1 aromatic rings. The fourth-order valence-corrected chi connectivity index (χ4v) is 4.89. The first-order valence-electron chi connectivity index (χ1n) is 10.4. The van der Waals surface area contributed by atoms with Gasteiger partial charge in [0.15, 0.2) is 6.04 Å².